The van der Waals surface area contributed by atoms with Crippen LogP contribution in [0.4, 0.5) is 5.69 Å². The van der Waals surface area contributed by atoms with Crippen molar-refractivity contribution in [2.24, 2.45) is 0 Å². The maximum absolute atomic E-state index is 4.70. The number of aryl methyl sites for hydroxylation is 2. The van der Waals surface area contributed by atoms with Crippen molar-refractivity contribution in [1.29, 1.82) is 0 Å². The largest absolute Gasteiger partial charge is 0.384 e. The SMILES string of the molecule is CCCNc1c(C)c(C)nc2c(C)cccc12. The number of rotatable bonds is 3. The molecule has 2 rings (SSSR count). The summed E-state index contributed by atoms with van der Waals surface area (Å²) in [6.45, 7) is 9.53. The van der Waals surface area contributed by atoms with Gasteiger partial charge in [0.05, 0.1) is 5.52 Å². The summed E-state index contributed by atoms with van der Waals surface area (Å²) in [5.74, 6) is 0. The average molecular weight is 228 g/mol. The number of nitrogens with zero attached hydrogens (tertiary/aromatic N) is 1. The van der Waals surface area contributed by atoms with Crippen molar-refractivity contribution in [3.8, 4) is 0 Å². The molecule has 1 aromatic heterocycles. The van der Waals surface area contributed by atoms with Crippen LogP contribution in [0.25, 0.3) is 10.9 Å². The first-order valence-corrected chi connectivity index (χ1v) is 6.25. The fourth-order valence-electron chi connectivity index (χ4n) is 2.12. The molecule has 0 aliphatic rings. The zero-order chi connectivity index (χ0) is 12.4. The van der Waals surface area contributed by atoms with Crippen molar-refractivity contribution in [3.05, 3.63) is 35.0 Å². The maximum atomic E-state index is 4.70. The minimum Gasteiger partial charge on any atom is -0.384 e. The molecule has 2 nitrogen and oxygen atoms in total. The molecule has 0 amide bonds. The van der Waals surface area contributed by atoms with E-state index >= 15 is 0 Å². The maximum Gasteiger partial charge on any atom is 0.0755 e. The van der Waals surface area contributed by atoms with E-state index in [1.807, 2.05) is 0 Å². The molecule has 17 heavy (non-hydrogen) atoms. The van der Waals surface area contributed by atoms with Gasteiger partial charge >= 0.3 is 0 Å². The van der Waals surface area contributed by atoms with Crippen LogP contribution in [0.2, 0.25) is 0 Å². The van der Waals surface area contributed by atoms with Crippen LogP contribution >= 0.6 is 0 Å². The van der Waals surface area contributed by atoms with Gasteiger partial charge in [-0.2, -0.15) is 0 Å². The Labute approximate surface area is 103 Å². The monoisotopic (exact) mass is 228 g/mol. The van der Waals surface area contributed by atoms with Crippen LogP contribution in [0, 0.1) is 20.8 Å². The van der Waals surface area contributed by atoms with E-state index in [1.54, 1.807) is 0 Å². The number of nitrogens with one attached hydrogen (secondary N) is 1. The zero-order valence-corrected chi connectivity index (χ0v) is 11.1. The number of anilines is 1. The molecule has 1 aromatic carbocycles. The van der Waals surface area contributed by atoms with Gasteiger partial charge in [-0.25, -0.2) is 0 Å². The van der Waals surface area contributed by atoms with E-state index in [0.29, 0.717) is 0 Å². The van der Waals surface area contributed by atoms with Crippen LogP contribution in [0.1, 0.15) is 30.2 Å². The highest BCUT2D eigenvalue weighted by Crippen LogP contribution is 2.29. The van der Waals surface area contributed by atoms with Crippen molar-refractivity contribution < 1.29 is 0 Å². The van der Waals surface area contributed by atoms with Crippen molar-refractivity contribution in [3.63, 3.8) is 0 Å². The van der Waals surface area contributed by atoms with Gasteiger partial charge in [-0.15, -0.1) is 0 Å². The van der Waals surface area contributed by atoms with Crippen LogP contribution in [0.3, 0.4) is 0 Å². The van der Waals surface area contributed by atoms with Crippen molar-refractivity contribution in [1.82, 2.24) is 4.98 Å². The van der Waals surface area contributed by atoms with Gasteiger partial charge in [0.15, 0.2) is 0 Å². The first-order valence-electron chi connectivity index (χ1n) is 6.25. The summed E-state index contributed by atoms with van der Waals surface area (Å²) in [4.78, 5) is 4.70. The normalized spacial score (nSPS) is 10.8. The van der Waals surface area contributed by atoms with Crippen molar-refractivity contribution >= 4 is 16.6 Å². The minimum absolute atomic E-state index is 1.01. The van der Waals surface area contributed by atoms with Gasteiger partial charge in [-0.1, -0.05) is 25.1 Å². The summed E-state index contributed by atoms with van der Waals surface area (Å²) in [7, 11) is 0. The lowest BCUT2D eigenvalue weighted by Gasteiger charge is -2.15. The van der Waals surface area contributed by atoms with Crippen LogP contribution < -0.4 is 5.32 Å². The van der Waals surface area contributed by atoms with Gasteiger partial charge in [0.2, 0.25) is 0 Å². The molecule has 1 N–H and O–H groups in total. The van der Waals surface area contributed by atoms with E-state index in [4.69, 9.17) is 4.98 Å². The Hall–Kier alpha value is -1.57. The fraction of sp³-hybridized carbons (Fsp3) is 0.400. The highest BCUT2D eigenvalue weighted by atomic mass is 14.9. The van der Waals surface area contributed by atoms with E-state index < -0.39 is 0 Å². The molecular formula is C15H20N2. The minimum atomic E-state index is 1.01. The Kier molecular flexibility index (Phi) is 3.32. The Bertz CT molecular complexity index is 544. The molecule has 0 aliphatic heterocycles. The first-order chi connectivity index (χ1) is 8.15. The van der Waals surface area contributed by atoms with Gasteiger partial charge in [0, 0.05) is 23.3 Å². The van der Waals surface area contributed by atoms with Gasteiger partial charge < -0.3 is 5.32 Å². The Morgan fingerprint density at radius 3 is 2.65 bits per heavy atom. The molecular weight excluding hydrogens is 208 g/mol. The zero-order valence-electron chi connectivity index (χ0n) is 11.1. The second kappa shape index (κ2) is 4.74. The molecule has 0 bridgehead atoms. The van der Waals surface area contributed by atoms with Crippen LogP contribution in [-0.4, -0.2) is 11.5 Å². The second-order valence-corrected chi connectivity index (χ2v) is 4.60. The number of fused-ring (bicyclic) bond motifs is 1. The molecule has 0 spiro atoms. The van der Waals surface area contributed by atoms with Crippen molar-refractivity contribution in [2.75, 3.05) is 11.9 Å². The molecule has 0 saturated carbocycles. The Morgan fingerprint density at radius 2 is 1.94 bits per heavy atom. The number of hydrogen-bond donors (Lipinski definition) is 1. The van der Waals surface area contributed by atoms with E-state index in [9.17, 15) is 0 Å². The number of pyridine rings is 1. The summed E-state index contributed by atoms with van der Waals surface area (Å²) >= 11 is 0. The lowest BCUT2D eigenvalue weighted by atomic mass is 10.0. The summed E-state index contributed by atoms with van der Waals surface area (Å²) in [5.41, 5.74) is 5.99. The van der Waals surface area contributed by atoms with E-state index in [0.717, 1.165) is 24.2 Å². The van der Waals surface area contributed by atoms with Gasteiger partial charge in [0.1, 0.15) is 0 Å². The predicted molar refractivity (Wildman–Crippen MR) is 74.7 cm³/mol. The number of aromatic nitrogens is 1. The number of hydrogen-bond acceptors (Lipinski definition) is 2. The molecule has 1 heterocycles. The summed E-state index contributed by atoms with van der Waals surface area (Å²) in [6, 6.07) is 6.37. The smallest absolute Gasteiger partial charge is 0.0755 e. The third-order valence-corrected chi connectivity index (χ3v) is 3.26. The van der Waals surface area contributed by atoms with Crippen LogP contribution in [-0.2, 0) is 0 Å². The summed E-state index contributed by atoms with van der Waals surface area (Å²) in [5, 5.41) is 4.77. The number of benzene rings is 1. The molecule has 0 saturated heterocycles. The fourth-order valence-corrected chi connectivity index (χ4v) is 2.12. The lowest BCUT2D eigenvalue weighted by molar-refractivity contribution is 0.977. The second-order valence-electron chi connectivity index (χ2n) is 4.60. The third-order valence-electron chi connectivity index (χ3n) is 3.26. The number of para-hydroxylation sites is 1. The average Bonchev–Trinajstić information content (AvgIpc) is 2.31. The highest BCUT2D eigenvalue weighted by molar-refractivity contribution is 5.95. The highest BCUT2D eigenvalue weighted by Gasteiger charge is 2.09. The van der Waals surface area contributed by atoms with Crippen LogP contribution in [0.15, 0.2) is 18.2 Å². The first kappa shape index (κ1) is 11.9. The van der Waals surface area contributed by atoms with Gasteiger partial charge in [-0.05, 0) is 38.3 Å². The Balaban J connectivity index is 2.69. The van der Waals surface area contributed by atoms with Gasteiger partial charge in [-0.3, -0.25) is 4.98 Å². The molecule has 0 fully saturated rings. The standard InChI is InChI=1S/C15H20N2/c1-5-9-16-15-11(3)12(4)17-14-10(2)7-6-8-13(14)15/h6-8H,5,9H2,1-4H3,(H,16,17). The van der Waals surface area contributed by atoms with E-state index in [2.05, 4.69) is 51.2 Å². The lowest BCUT2D eigenvalue weighted by Crippen LogP contribution is -2.05. The summed E-state index contributed by atoms with van der Waals surface area (Å²) < 4.78 is 0. The molecule has 2 aromatic rings. The topological polar surface area (TPSA) is 24.9 Å². The Morgan fingerprint density at radius 1 is 1.18 bits per heavy atom. The quantitative estimate of drug-likeness (QED) is 0.859. The predicted octanol–water partition coefficient (Wildman–Crippen LogP) is 3.98. The van der Waals surface area contributed by atoms with E-state index in [-0.39, 0.29) is 0 Å². The molecule has 90 valence electrons. The van der Waals surface area contributed by atoms with Crippen molar-refractivity contribution in [2.45, 2.75) is 34.1 Å². The van der Waals surface area contributed by atoms with E-state index in [1.165, 1.54) is 22.2 Å². The molecule has 0 atom stereocenters. The third kappa shape index (κ3) is 2.12. The summed E-state index contributed by atoms with van der Waals surface area (Å²) in [6.07, 6.45) is 1.13. The molecule has 0 unspecified atom stereocenters. The van der Waals surface area contributed by atoms with Gasteiger partial charge in [0.25, 0.3) is 0 Å². The molecule has 2 heteroatoms. The molecule has 0 aliphatic carbocycles. The van der Waals surface area contributed by atoms with Crippen LogP contribution in [0.5, 0.6) is 0 Å². The molecule has 0 radical (unpaired) electrons.